The molecule has 2 rings (SSSR count). The highest BCUT2D eigenvalue weighted by Gasteiger charge is 2.23. The lowest BCUT2D eigenvalue weighted by molar-refractivity contribution is 0.113. The normalized spacial score (nSPS) is 17.9. The molecule has 1 aromatic rings. The van der Waals surface area contributed by atoms with Gasteiger partial charge < -0.3 is 10.4 Å². The van der Waals surface area contributed by atoms with Crippen LogP contribution in [-0.2, 0) is 0 Å². The summed E-state index contributed by atoms with van der Waals surface area (Å²) in [5.41, 5.74) is 2.40. The molecule has 2 N–H and O–H groups in total. The predicted octanol–water partition coefficient (Wildman–Crippen LogP) is 1.91. The van der Waals surface area contributed by atoms with E-state index in [0.29, 0.717) is 12.6 Å². The highest BCUT2D eigenvalue weighted by atomic mass is 35.5. The number of halogens is 1. The van der Waals surface area contributed by atoms with Crippen LogP contribution in [0.1, 0.15) is 24.1 Å². The first kappa shape index (κ1) is 17.7. The van der Waals surface area contributed by atoms with Gasteiger partial charge in [-0.1, -0.05) is 30.7 Å². The van der Waals surface area contributed by atoms with Crippen LogP contribution in [-0.4, -0.2) is 67.3 Å². The number of aryl methyl sites for hydroxylation is 1. The Bertz CT molecular complexity index is 463. The zero-order valence-electron chi connectivity index (χ0n) is 13.7. The lowest BCUT2D eigenvalue weighted by atomic mass is 10.0. The predicted molar refractivity (Wildman–Crippen MR) is 92.6 cm³/mol. The second-order valence-corrected chi connectivity index (χ2v) is 6.33. The largest absolute Gasteiger partial charge is 0.395 e. The molecule has 1 unspecified atom stereocenters. The monoisotopic (exact) mass is 325 g/mol. The third kappa shape index (κ3) is 4.67. The Morgan fingerprint density at radius 1 is 1.36 bits per heavy atom. The lowest BCUT2D eigenvalue weighted by Gasteiger charge is -2.37. The number of benzene rings is 1. The van der Waals surface area contributed by atoms with E-state index in [1.807, 2.05) is 6.07 Å². The van der Waals surface area contributed by atoms with E-state index in [2.05, 4.69) is 41.1 Å². The Balaban J connectivity index is 2.20. The number of hydrogen-bond acceptors (Lipinski definition) is 4. The van der Waals surface area contributed by atoms with Gasteiger partial charge in [0.2, 0.25) is 0 Å². The molecule has 0 aliphatic carbocycles. The second kappa shape index (κ2) is 8.85. The van der Waals surface area contributed by atoms with Gasteiger partial charge in [0, 0.05) is 50.3 Å². The minimum absolute atomic E-state index is 0.193. The summed E-state index contributed by atoms with van der Waals surface area (Å²) >= 11 is 6.18. The average molecular weight is 326 g/mol. The Morgan fingerprint density at radius 2 is 2.09 bits per heavy atom. The summed E-state index contributed by atoms with van der Waals surface area (Å²) in [5, 5.41) is 13.6. The number of likely N-dealkylation sites (N-methyl/N-ethyl adjacent to an activating group) is 1. The molecule has 0 radical (unpaired) electrons. The van der Waals surface area contributed by atoms with E-state index in [-0.39, 0.29) is 6.61 Å². The molecule has 0 aromatic heterocycles. The summed E-state index contributed by atoms with van der Waals surface area (Å²) < 4.78 is 0. The summed E-state index contributed by atoms with van der Waals surface area (Å²) in [7, 11) is 0. The third-order valence-electron chi connectivity index (χ3n) is 4.44. The molecule has 0 amide bonds. The number of aliphatic hydroxyl groups excluding tert-OH is 1. The van der Waals surface area contributed by atoms with Crippen molar-refractivity contribution in [2.75, 3.05) is 52.4 Å². The van der Waals surface area contributed by atoms with Gasteiger partial charge in [-0.25, -0.2) is 0 Å². The first-order chi connectivity index (χ1) is 10.7. The molecule has 1 heterocycles. The molecule has 124 valence electrons. The molecular formula is C17H28ClN3O. The summed E-state index contributed by atoms with van der Waals surface area (Å²) in [4.78, 5) is 4.86. The first-order valence-electron chi connectivity index (χ1n) is 8.19. The fourth-order valence-electron chi connectivity index (χ4n) is 3.11. The number of hydrogen-bond donors (Lipinski definition) is 2. The van der Waals surface area contributed by atoms with Crippen molar-refractivity contribution in [3.05, 3.63) is 34.3 Å². The maximum Gasteiger partial charge on any atom is 0.0558 e. The fraction of sp³-hybridized carbons (Fsp3) is 0.647. The van der Waals surface area contributed by atoms with E-state index >= 15 is 0 Å². The minimum atomic E-state index is 0.193. The standard InChI is InChI=1S/C17H28ClN3O/c1-3-21(10-11-22)17(13-20-8-6-19-7-9-20)15-4-5-16(18)14(2)12-15/h4-5,12,17,19,22H,3,6-11,13H2,1-2H3. The van der Waals surface area contributed by atoms with Gasteiger partial charge in [0.15, 0.2) is 0 Å². The molecule has 5 heteroatoms. The molecule has 0 saturated carbocycles. The van der Waals surface area contributed by atoms with Crippen molar-refractivity contribution in [1.82, 2.24) is 15.1 Å². The van der Waals surface area contributed by atoms with Crippen LogP contribution in [0.3, 0.4) is 0 Å². The topological polar surface area (TPSA) is 38.7 Å². The van der Waals surface area contributed by atoms with Crippen molar-refractivity contribution in [3.63, 3.8) is 0 Å². The molecule has 1 saturated heterocycles. The van der Waals surface area contributed by atoms with Crippen LogP contribution in [0.5, 0.6) is 0 Å². The molecule has 1 aliphatic rings. The zero-order valence-corrected chi connectivity index (χ0v) is 14.4. The van der Waals surface area contributed by atoms with Gasteiger partial charge in [-0.3, -0.25) is 9.80 Å². The molecule has 22 heavy (non-hydrogen) atoms. The van der Waals surface area contributed by atoms with Crippen LogP contribution < -0.4 is 5.32 Å². The van der Waals surface area contributed by atoms with Crippen molar-refractivity contribution < 1.29 is 5.11 Å². The summed E-state index contributed by atoms with van der Waals surface area (Å²) in [6.45, 7) is 11.3. The maximum atomic E-state index is 9.38. The van der Waals surface area contributed by atoms with Crippen LogP contribution in [0.15, 0.2) is 18.2 Å². The Hall–Kier alpha value is -0.650. The number of nitrogens with zero attached hydrogens (tertiary/aromatic N) is 2. The van der Waals surface area contributed by atoms with Crippen LogP contribution in [0.25, 0.3) is 0 Å². The number of aliphatic hydroxyl groups is 1. The van der Waals surface area contributed by atoms with Crippen molar-refractivity contribution in [1.29, 1.82) is 0 Å². The molecular weight excluding hydrogens is 298 g/mol. The van der Waals surface area contributed by atoms with E-state index in [4.69, 9.17) is 11.6 Å². The van der Waals surface area contributed by atoms with Crippen molar-refractivity contribution in [3.8, 4) is 0 Å². The molecule has 1 fully saturated rings. The average Bonchev–Trinajstić information content (AvgIpc) is 2.54. The molecule has 0 spiro atoms. The minimum Gasteiger partial charge on any atom is -0.395 e. The molecule has 0 bridgehead atoms. The summed E-state index contributed by atoms with van der Waals surface area (Å²) in [6.07, 6.45) is 0. The van der Waals surface area contributed by atoms with Gasteiger partial charge in [0.25, 0.3) is 0 Å². The summed E-state index contributed by atoms with van der Waals surface area (Å²) in [5.74, 6) is 0. The van der Waals surface area contributed by atoms with Gasteiger partial charge in [-0.15, -0.1) is 0 Å². The summed E-state index contributed by atoms with van der Waals surface area (Å²) in [6, 6.07) is 6.60. The van der Waals surface area contributed by atoms with E-state index in [0.717, 1.165) is 49.9 Å². The number of nitrogens with one attached hydrogen (secondary N) is 1. The van der Waals surface area contributed by atoms with Gasteiger partial charge in [0.1, 0.15) is 0 Å². The van der Waals surface area contributed by atoms with Gasteiger partial charge in [-0.05, 0) is 30.7 Å². The smallest absolute Gasteiger partial charge is 0.0558 e. The van der Waals surface area contributed by atoms with Crippen molar-refractivity contribution in [2.24, 2.45) is 0 Å². The van der Waals surface area contributed by atoms with E-state index in [1.165, 1.54) is 5.56 Å². The Labute approximate surface area is 139 Å². The Morgan fingerprint density at radius 3 is 2.68 bits per heavy atom. The van der Waals surface area contributed by atoms with Gasteiger partial charge >= 0.3 is 0 Å². The third-order valence-corrected chi connectivity index (χ3v) is 4.87. The van der Waals surface area contributed by atoms with Crippen LogP contribution in [0.2, 0.25) is 5.02 Å². The molecule has 1 aromatic carbocycles. The quantitative estimate of drug-likeness (QED) is 0.803. The van der Waals surface area contributed by atoms with Crippen LogP contribution in [0, 0.1) is 6.92 Å². The second-order valence-electron chi connectivity index (χ2n) is 5.93. The van der Waals surface area contributed by atoms with Crippen LogP contribution >= 0.6 is 11.6 Å². The molecule has 4 nitrogen and oxygen atoms in total. The number of piperazine rings is 1. The van der Waals surface area contributed by atoms with E-state index in [1.54, 1.807) is 0 Å². The molecule has 1 atom stereocenters. The fourth-order valence-corrected chi connectivity index (χ4v) is 3.23. The zero-order chi connectivity index (χ0) is 15.9. The number of rotatable bonds is 7. The van der Waals surface area contributed by atoms with Gasteiger partial charge in [-0.2, -0.15) is 0 Å². The van der Waals surface area contributed by atoms with Gasteiger partial charge in [0.05, 0.1) is 6.61 Å². The van der Waals surface area contributed by atoms with Crippen molar-refractivity contribution in [2.45, 2.75) is 19.9 Å². The van der Waals surface area contributed by atoms with E-state index < -0.39 is 0 Å². The van der Waals surface area contributed by atoms with Crippen molar-refractivity contribution >= 4 is 11.6 Å². The Kier molecular flexibility index (Phi) is 7.12. The first-order valence-corrected chi connectivity index (χ1v) is 8.57. The lowest BCUT2D eigenvalue weighted by Crippen LogP contribution is -2.47. The SMILES string of the molecule is CCN(CCO)C(CN1CCNCC1)c1ccc(Cl)c(C)c1. The maximum absolute atomic E-state index is 9.38. The highest BCUT2D eigenvalue weighted by Crippen LogP contribution is 2.26. The molecule has 1 aliphatic heterocycles. The van der Waals surface area contributed by atoms with E-state index in [9.17, 15) is 5.11 Å². The highest BCUT2D eigenvalue weighted by molar-refractivity contribution is 6.31. The van der Waals surface area contributed by atoms with Crippen LogP contribution in [0.4, 0.5) is 0 Å².